The largest absolute Gasteiger partial charge is 0.391 e. The summed E-state index contributed by atoms with van der Waals surface area (Å²) in [6.45, 7) is 7.27. The lowest BCUT2D eigenvalue weighted by Crippen LogP contribution is -2.35. The van der Waals surface area contributed by atoms with E-state index in [1.165, 1.54) is 5.57 Å². The van der Waals surface area contributed by atoms with Crippen LogP contribution in [0.3, 0.4) is 0 Å². The van der Waals surface area contributed by atoms with Crippen molar-refractivity contribution in [2.45, 2.75) is 39.3 Å². The summed E-state index contributed by atoms with van der Waals surface area (Å²) >= 11 is 0. The van der Waals surface area contributed by atoms with E-state index in [9.17, 15) is 5.11 Å². The molecule has 0 amide bonds. The fourth-order valence-electron chi connectivity index (χ4n) is 1.48. The van der Waals surface area contributed by atoms with Gasteiger partial charge in [0.2, 0.25) is 0 Å². The Bertz CT molecular complexity index is 175. The van der Waals surface area contributed by atoms with Gasteiger partial charge >= 0.3 is 0 Å². The van der Waals surface area contributed by atoms with E-state index in [-0.39, 0.29) is 12.1 Å². The van der Waals surface area contributed by atoms with Crippen LogP contribution in [0.1, 0.15) is 27.2 Å². The molecular formula is C10H19NO. The highest BCUT2D eigenvalue weighted by atomic mass is 16.3. The van der Waals surface area contributed by atoms with Crippen molar-refractivity contribution in [1.82, 2.24) is 5.32 Å². The van der Waals surface area contributed by atoms with Gasteiger partial charge in [-0.1, -0.05) is 25.5 Å². The third-order valence-corrected chi connectivity index (χ3v) is 2.57. The van der Waals surface area contributed by atoms with E-state index in [1.807, 2.05) is 6.92 Å². The minimum atomic E-state index is -0.221. The molecule has 0 radical (unpaired) electrons. The van der Waals surface area contributed by atoms with Gasteiger partial charge in [-0.05, 0) is 19.3 Å². The van der Waals surface area contributed by atoms with Gasteiger partial charge in [-0.25, -0.2) is 0 Å². The van der Waals surface area contributed by atoms with E-state index in [0.29, 0.717) is 5.92 Å². The van der Waals surface area contributed by atoms with Crippen molar-refractivity contribution < 1.29 is 5.11 Å². The maximum Gasteiger partial charge on any atom is 0.0727 e. The number of aliphatic hydroxyl groups is 1. The van der Waals surface area contributed by atoms with Crippen LogP contribution in [0.5, 0.6) is 0 Å². The van der Waals surface area contributed by atoms with Gasteiger partial charge in [-0.2, -0.15) is 0 Å². The minimum absolute atomic E-state index is 0.220. The lowest BCUT2D eigenvalue weighted by molar-refractivity contribution is 0.137. The maximum absolute atomic E-state index is 9.67. The molecule has 0 aliphatic carbocycles. The van der Waals surface area contributed by atoms with Gasteiger partial charge < -0.3 is 10.4 Å². The van der Waals surface area contributed by atoms with E-state index in [2.05, 4.69) is 25.2 Å². The molecule has 12 heavy (non-hydrogen) atoms. The summed E-state index contributed by atoms with van der Waals surface area (Å²) in [5.41, 5.74) is 1.37. The molecule has 1 heterocycles. The number of hydrogen-bond acceptors (Lipinski definition) is 2. The van der Waals surface area contributed by atoms with Crippen LogP contribution in [0.4, 0.5) is 0 Å². The van der Waals surface area contributed by atoms with E-state index < -0.39 is 0 Å². The highest BCUT2D eigenvalue weighted by Gasteiger charge is 2.19. The Labute approximate surface area is 74.7 Å². The second-order valence-corrected chi connectivity index (χ2v) is 3.90. The number of rotatable bonds is 1. The Kier molecular flexibility index (Phi) is 3.29. The summed E-state index contributed by atoms with van der Waals surface area (Å²) in [7, 11) is 0. The molecule has 0 saturated heterocycles. The average Bonchev–Trinajstić information content (AvgIpc) is 2.15. The molecule has 2 atom stereocenters. The molecule has 1 rings (SSSR count). The molecule has 0 aromatic carbocycles. The molecule has 1 aliphatic heterocycles. The van der Waals surface area contributed by atoms with Crippen LogP contribution in [0.15, 0.2) is 11.6 Å². The van der Waals surface area contributed by atoms with Gasteiger partial charge in [-0.3, -0.25) is 0 Å². The molecule has 0 aromatic rings. The summed E-state index contributed by atoms with van der Waals surface area (Å²) < 4.78 is 0. The van der Waals surface area contributed by atoms with Crippen LogP contribution in [0.25, 0.3) is 0 Å². The lowest BCUT2D eigenvalue weighted by Gasteiger charge is -2.18. The summed E-state index contributed by atoms with van der Waals surface area (Å²) in [6.07, 6.45) is 2.81. The van der Waals surface area contributed by atoms with Gasteiger partial charge in [0.05, 0.1) is 6.10 Å². The van der Waals surface area contributed by atoms with Crippen molar-refractivity contribution in [3.8, 4) is 0 Å². The van der Waals surface area contributed by atoms with Crippen LogP contribution in [0.2, 0.25) is 0 Å². The van der Waals surface area contributed by atoms with E-state index in [0.717, 1.165) is 13.0 Å². The third kappa shape index (κ3) is 2.32. The first-order valence-corrected chi connectivity index (χ1v) is 4.71. The molecule has 0 fully saturated rings. The zero-order chi connectivity index (χ0) is 9.14. The second-order valence-electron chi connectivity index (χ2n) is 3.90. The SMILES string of the molecule is CC(C)C1=CCNC(C)C(O)C1. The molecular weight excluding hydrogens is 150 g/mol. The van der Waals surface area contributed by atoms with E-state index in [1.54, 1.807) is 0 Å². The van der Waals surface area contributed by atoms with Crippen LogP contribution >= 0.6 is 0 Å². The first kappa shape index (κ1) is 9.75. The lowest BCUT2D eigenvalue weighted by atomic mass is 9.96. The zero-order valence-corrected chi connectivity index (χ0v) is 8.17. The smallest absolute Gasteiger partial charge is 0.0727 e. The molecule has 2 heteroatoms. The number of aliphatic hydroxyl groups excluding tert-OH is 1. The standard InChI is InChI=1S/C10H19NO/c1-7(2)9-4-5-11-8(3)10(12)6-9/h4,7-8,10-12H,5-6H2,1-3H3. The molecule has 0 spiro atoms. The average molecular weight is 169 g/mol. The van der Waals surface area contributed by atoms with E-state index >= 15 is 0 Å². The first-order valence-electron chi connectivity index (χ1n) is 4.71. The number of hydrogen-bond donors (Lipinski definition) is 2. The molecule has 0 bridgehead atoms. The zero-order valence-electron chi connectivity index (χ0n) is 8.17. The fourth-order valence-corrected chi connectivity index (χ4v) is 1.48. The Morgan fingerprint density at radius 3 is 2.83 bits per heavy atom. The molecule has 0 aromatic heterocycles. The third-order valence-electron chi connectivity index (χ3n) is 2.57. The van der Waals surface area contributed by atoms with Crippen molar-refractivity contribution in [2.24, 2.45) is 5.92 Å². The summed E-state index contributed by atoms with van der Waals surface area (Å²) in [5.74, 6) is 0.562. The van der Waals surface area contributed by atoms with Crippen LogP contribution in [-0.2, 0) is 0 Å². The molecule has 0 saturated carbocycles. The topological polar surface area (TPSA) is 32.3 Å². The molecule has 2 N–H and O–H groups in total. The van der Waals surface area contributed by atoms with Crippen molar-refractivity contribution in [3.05, 3.63) is 11.6 Å². The molecule has 1 aliphatic rings. The maximum atomic E-state index is 9.67. The Morgan fingerprint density at radius 2 is 2.25 bits per heavy atom. The van der Waals surface area contributed by atoms with Gasteiger partial charge in [0.25, 0.3) is 0 Å². The van der Waals surface area contributed by atoms with E-state index in [4.69, 9.17) is 0 Å². The number of nitrogens with one attached hydrogen (secondary N) is 1. The molecule has 2 nitrogen and oxygen atoms in total. The first-order chi connectivity index (χ1) is 5.61. The Morgan fingerprint density at radius 1 is 1.58 bits per heavy atom. The second kappa shape index (κ2) is 4.06. The predicted octanol–water partition coefficient (Wildman–Crippen LogP) is 1.31. The van der Waals surface area contributed by atoms with Crippen molar-refractivity contribution in [1.29, 1.82) is 0 Å². The summed E-state index contributed by atoms with van der Waals surface area (Å²) in [4.78, 5) is 0. The van der Waals surface area contributed by atoms with Crippen molar-refractivity contribution in [2.75, 3.05) is 6.54 Å². The highest BCUT2D eigenvalue weighted by Crippen LogP contribution is 2.19. The monoisotopic (exact) mass is 169 g/mol. The minimum Gasteiger partial charge on any atom is -0.391 e. The van der Waals surface area contributed by atoms with Crippen molar-refractivity contribution >= 4 is 0 Å². The fraction of sp³-hybridized carbons (Fsp3) is 0.800. The van der Waals surface area contributed by atoms with Gasteiger partial charge in [0.1, 0.15) is 0 Å². The Balaban J connectivity index is 2.60. The normalized spacial score (nSPS) is 31.6. The van der Waals surface area contributed by atoms with Crippen LogP contribution in [0, 0.1) is 5.92 Å². The quantitative estimate of drug-likeness (QED) is 0.580. The van der Waals surface area contributed by atoms with Crippen molar-refractivity contribution in [3.63, 3.8) is 0 Å². The van der Waals surface area contributed by atoms with Gasteiger partial charge in [0, 0.05) is 12.6 Å². The summed E-state index contributed by atoms with van der Waals surface area (Å²) in [6, 6.07) is 0.220. The molecule has 70 valence electrons. The Hall–Kier alpha value is -0.340. The van der Waals surface area contributed by atoms with Crippen LogP contribution < -0.4 is 5.32 Å². The predicted molar refractivity (Wildman–Crippen MR) is 51.0 cm³/mol. The molecule has 2 unspecified atom stereocenters. The van der Waals surface area contributed by atoms with Crippen LogP contribution in [-0.4, -0.2) is 23.8 Å². The van der Waals surface area contributed by atoms with Gasteiger partial charge in [-0.15, -0.1) is 0 Å². The summed E-state index contributed by atoms with van der Waals surface area (Å²) in [5, 5.41) is 12.9. The highest BCUT2D eigenvalue weighted by molar-refractivity contribution is 5.10. The van der Waals surface area contributed by atoms with Gasteiger partial charge in [0.15, 0.2) is 0 Å².